The maximum absolute atomic E-state index is 11.5. The predicted octanol–water partition coefficient (Wildman–Crippen LogP) is 3.41. The monoisotopic (exact) mass is 380 g/mol. The summed E-state index contributed by atoms with van der Waals surface area (Å²) in [5.41, 5.74) is -1.03. The summed E-state index contributed by atoms with van der Waals surface area (Å²) in [5, 5.41) is 5.36. The van der Waals surface area contributed by atoms with Crippen molar-refractivity contribution in [1.82, 2.24) is 10.6 Å². The van der Waals surface area contributed by atoms with Crippen LogP contribution < -0.4 is 10.6 Å². The first-order chi connectivity index (χ1) is 10.8. The quantitative estimate of drug-likeness (QED) is 0.511. The largest absolute Gasteiger partial charge is 0.444 e. The molecule has 0 aromatic rings. The molecule has 0 aliphatic carbocycles. The van der Waals surface area contributed by atoms with Gasteiger partial charge in [0.05, 0.1) is 0 Å². The third-order valence-electron chi connectivity index (χ3n) is 2.59. The van der Waals surface area contributed by atoms with Crippen LogP contribution in [0.2, 0.25) is 0 Å². The van der Waals surface area contributed by atoms with Crippen molar-refractivity contribution < 1.29 is 19.1 Å². The summed E-state index contributed by atoms with van der Waals surface area (Å²) >= 11 is 8.88. The molecule has 142 valence electrons. The standard InChI is InChI=1S/C16H32N2O4S2/c1-15(2,3)21-13(19)17-9-11(23)7-8-12(24)10-18-14(20)22-16(4,5)6/h11-12,23-24H,7-10H2,1-6H3,(H,17,19)(H,18,20)/t11-,12+. The second-order valence-corrected chi connectivity index (χ2v) is 9.11. The van der Waals surface area contributed by atoms with E-state index in [2.05, 4.69) is 35.9 Å². The van der Waals surface area contributed by atoms with Crippen LogP contribution in [-0.2, 0) is 9.47 Å². The van der Waals surface area contributed by atoms with Crippen molar-refractivity contribution in [1.29, 1.82) is 0 Å². The van der Waals surface area contributed by atoms with Crippen LogP contribution in [0.4, 0.5) is 9.59 Å². The molecule has 0 aromatic heterocycles. The van der Waals surface area contributed by atoms with Crippen molar-refractivity contribution in [2.75, 3.05) is 13.1 Å². The maximum Gasteiger partial charge on any atom is 0.407 e. The van der Waals surface area contributed by atoms with Gasteiger partial charge in [-0.2, -0.15) is 25.3 Å². The van der Waals surface area contributed by atoms with E-state index in [4.69, 9.17) is 9.47 Å². The third-order valence-corrected chi connectivity index (χ3v) is 3.48. The lowest BCUT2D eigenvalue weighted by Gasteiger charge is -2.21. The van der Waals surface area contributed by atoms with Gasteiger partial charge in [0.1, 0.15) is 11.2 Å². The molecule has 2 atom stereocenters. The fourth-order valence-corrected chi connectivity index (χ4v) is 2.10. The van der Waals surface area contributed by atoms with Gasteiger partial charge in [-0.15, -0.1) is 0 Å². The molecule has 0 bridgehead atoms. The van der Waals surface area contributed by atoms with Crippen molar-refractivity contribution in [3.63, 3.8) is 0 Å². The molecule has 24 heavy (non-hydrogen) atoms. The molecule has 0 aliphatic heterocycles. The lowest BCUT2D eigenvalue weighted by molar-refractivity contribution is 0.0514. The number of hydrogen-bond donors (Lipinski definition) is 4. The van der Waals surface area contributed by atoms with Crippen molar-refractivity contribution >= 4 is 37.4 Å². The van der Waals surface area contributed by atoms with E-state index in [0.29, 0.717) is 13.1 Å². The number of nitrogens with one attached hydrogen (secondary N) is 2. The van der Waals surface area contributed by atoms with Crippen LogP contribution >= 0.6 is 25.3 Å². The first kappa shape index (κ1) is 23.2. The minimum Gasteiger partial charge on any atom is -0.444 e. The lowest BCUT2D eigenvalue weighted by atomic mass is 10.2. The van der Waals surface area contributed by atoms with E-state index >= 15 is 0 Å². The first-order valence-electron chi connectivity index (χ1n) is 8.08. The van der Waals surface area contributed by atoms with Gasteiger partial charge in [-0.3, -0.25) is 0 Å². The Morgan fingerprint density at radius 2 is 1.08 bits per heavy atom. The van der Waals surface area contributed by atoms with E-state index in [0.717, 1.165) is 12.8 Å². The van der Waals surface area contributed by atoms with E-state index in [9.17, 15) is 9.59 Å². The Bertz CT molecular complexity index is 368. The molecular weight excluding hydrogens is 348 g/mol. The zero-order valence-electron chi connectivity index (χ0n) is 15.5. The van der Waals surface area contributed by atoms with Gasteiger partial charge in [0.2, 0.25) is 0 Å². The van der Waals surface area contributed by atoms with E-state index in [-0.39, 0.29) is 10.5 Å². The highest BCUT2D eigenvalue weighted by Crippen LogP contribution is 2.12. The van der Waals surface area contributed by atoms with Gasteiger partial charge in [0, 0.05) is 23.6 Å². The van der Waals surface area contributed by atoms with Crippen molar-refractivity contribution in [2.45, 2.75) is 76.1 Å². The molecule has 0 saturated heterocycles. The van der Waals surface area contributed by atoms with Crippen LogP contribution in [-0.4, -0.2) is 47.0 Å². The molecule has 0 aliphatic rings. The van der Waals surface area contributed by atoms with Crippen molar-refractivity contribution in [3.05, 3.63) is 0 Å². The Kier molecular flexibility index (Phi) is 9.96. The van der Waals surface area contributed by atoms with E-state index in [1.165, 1.54) is 0 Å². The number of alkyl carbamates (subject to hydrolysis) is 2. The van der Waals surface area contributed by atoms with E-state index < -0.39 is 23.4 Å². The summed E-state index contributed by atoms with van der Waals surface area (Å²) in [6, 6.07) is 0. The second-order valence-electron chi connectivity index (χ2n) is 7.65. The summed E-state index contributed by atoms with van der Waals surface area (Å²) < 4.78 is 10.3. The average Bonchev–Trinajstić information content (AvgIpc) is 2.36. The lowest BCUT2D eigenvalue weighted by Crippen LogP contribution is -2.37. The Morgan fingerprint density at radius 3 is 1.33 bits per heavy atom. The SMILES string of the molecule is CC(C)(C)OC(=O)NC[C@H](S)CC[C@H](S)CNC(=O)OC(C)(C)C. The molecule has 0 radical (unpaired) electrons. The van der Waals surface area contributed by atoms with Crippen LogP contribution in [0.15, 0.2) is 0 Å². The highest BCUT2D eigenvalue weighted by atomic mass is 32.1. The second kappa shape index (κ2) is 10.3. The smallest absolute Gasteiger partial charge is 0.407 e. The molecule has 0 saturated carbocycles. The third kappa shape index (κ3) is 14.8. The van der Waals surface area contributed by atoms with Gasteiger partial charge in [-0.1, -0.05) is 0 Å². The van der Waals surface area contributed by atoms with Crippen LogP contribution in [0.5, 0.6) is 0 Å². The van der Waals surface area contributed by atoms with Crippen molar-refractivity contribution in [3.8, 4) is 0 Å². The van der Waals surface area contributed by atoms with Crippen LogP contribution in [0, 0.1) is 0 Å². The topological polar surface area (TPSA) is 76.7 Å². The molecule has 2 amide bonds. The first-order valence-corrected chi connectivity index (χ1v) is 9.11. The number of carbonyl (C=O) groups excluding carboxylic acids is 2. The van der Waals surface area contributed by atoms with Crippen LogP contribution in [0.3, 0.4) is 0 Å². The van der Waals surface area contributed by atoms with Gasteiger partial charge in [-0.25, -0.2) is 9.59 Å². The number of hydrogen-bond acceptors (Lipinski definition) is 6. The van der Waals surface area contributed by atoms with Gasteiger partial charge in [-0.05, 0) is 54.4 Å². The molecule has 0 aromatic carbocycles. The number of thiol groups is 2. The summed E-state index contributed by atoms with van der Waals surface area (Å²) in [7, 11) is 0. The molecule has 2 N–H and O–H groups in total. The summed E-state index contributed by atoms with van der Waals surface area (Å²) in [5.74, 6) is 0. The zero-order chi connectivity index (χ0) is 19.0. The van der Waals surface area contributed by atoms with Gasteiger partial charge in [0.15, 0.2) is 0 Å². The Morgan fingerprint density at radius 1 is 0.792 bits per heavy atom. The Hall–Kier alpha value is -0.760. The number of ether oxygens (including phenoxy) is 2. The van der Waals surface area contributed by atoms with E-state index in [1.807, 2.05) is 41.5 Å². The fraction of sp³-hybridized carbons (Fsp3) is 0.875. The normalized spacial score (nSPS) is 14.5. The highest BCUT2D eigenvalue weighted by Gasteiger charge is 2.18. The van der Waals surface area contributed by atoms with Gasteiger partial charge < -0.3 is 20.1 Å². The molecular formula is C16H32N2O4S2. The van der Waals surface area contributed by atoms with Crippen LogP contribution in [0.1, 0.15) is 54.4 Å². The maximum atomic E-state index is 11.5. The molecule has 0 fully saturated rings. The molecule has 6 nitrogen and oxygen atoms in total. The molecule has 8 heteroatoms. The molecule has 0 unspecified atom stereocenters. The Balaban J connectivity index is 3.88. The fourth-order valence-electron chi connectivity index (χ4n) is 1.62. The molecule has 0 heterocycles. The minimum atomic E-state index is -0.514. The van der Waals surface area contributed by atoms with Gasteiger partial charge >= 0.3 is 12.2 Å². The van der Waals surface area contributed by atoms with Crippen LogP contribution in [0.25, 0.3) is 0 Å². The summed E-state index contributed by atoms with van der Waals surface area (Å²) in [6.45, 7) is 11.7. The minimum absolute atomic E-state index is 0.00584. The Labute approximate surface area is 156 Å². The predicted molar refractivity (Wildman–Crippen MR) is 103 cm³/mol. The number of amides is 2. The highest BCUT2D eigenvalue weighted by molar-refractivity contribution is 7.81. The van der Waals surface area contributed by atoms with E-state index in [1.54, 1.807) is 0 Å². The van der Waals surface area contributed by atoms with Crippen molar-refractivity contribution in [2.24, 2.45) is 0 Å². The summed E-state index contributed by atoms with van der Waals surface area (Å²) in [4.78, 5) is 23.1. The number of rotatable bonds is 7. The summed E-state index contributed by atoms with van der Waals surface area (Å²) in [6.07, 6.45) is 0.609. The molecule has 0 rings (SSSR count). The zero-order valence-corrected chi connectivity index (χ0v) is 17.3. The molecule has 0 spiro atoms. The van der Waals surface area contributed by atoms with Gasteiger partial charge in [0.25, 0.3) is 0 Å². The average molecular weight is 381 g/mol. The number of carbonyl (C=O) groups is 2.